The van der Waals surface area contributed by atoms with Gasteiger partial charge in [0.05, 0.1) is 5.41 Å². The first-order valence-corrected chi connectivity index (χ1v) is 6.60. The minimum absolute atomic E-state index is 0. The topological polar surface area (TPSA) is 55.1 Å². The smallest absolute Gasteiger partial charge is 0.227 e. The summed E-state index contributed by atoms with van der Waals surface area (Å²) in [4.78, 5) is 12.3. The van der Waals surface area contributed by atoms with E-state index >= 15 is 0 Å². The third-order valence-electron chi connectivity index (χ3n) is 4.40. The van der Waals surface area contributed by atoms with Crippen LogP contribution in [0.3, 0.4) is 0 Å². The number of carbonyl (C=O) groups is 1. The van der Waals surface area contributed by atoms with Gasteiger partial charge in [-0.25, -0.2) is 0 Å². The van der Waals surface area contributed by atoms with Gasteiger partial charge in [0, 0.05) is 12.6 Å². The van der Waals surface area contributed by atoms with Crippen molar-refractivity contribution in [1.82, 2.24) is 5.32 Å². The van der Waals surface area contributed by atoms with Crippen LogP contribution in [0.1, 0.15) is 52.9 Å². The Balaban J connectivity index is 0.00000256. The van der Waals surface area contributed by atoms with E-state index in [0.717, 1.165) is 19.3 Å². The molecule has 0 saturated heterocycles. The molecule has 1 aliphatic rings. The number of amides is 1. The summed E-state index contributed by atoms with van der Waals surface area (Å²) in [5.41, 5.74) is 5.43. The molecule has 0 bridgehead atoms. The molecule has 1 amide bonds. The van der Waals surface area contributed by atoms with Crippen LogP contribution in [0.15, 0.2) is 0 Å². The molecule has 2 atom stereocenters. The maximum atomic E-state index is 12.3. The zero-order chi connectivity index (χ0) is 12.2. The molecule has 1 fully saturated rings. The Bertz CT molecular complexity index is 233. The minimum Gasteiger partial charge on any atom is -0.353 e. The molecule has 0 aliphatic heterocycles. The van der Waals surface area contributed by atoms with Crippen molar-refractivity contribution in [3.8, 4) is 0 Å². The van der Waals surface area contributed by atoms with Gasteiger partial charge in [-0.2, -0.15) is 0 Å². The van der Waals surface area contributed by atoms with Gasteiger partial charge >= 0.3 is 0 Å². The van der Waals surface area contributed by atoms with Crippen molar-refractivity contribution >= 4 is 18.3 Å². The molecule has 0 aromatic heterocycles. The highest BCUT2D eigenvalue weighted by atomic mass is 35.5. The highest BCUT2D eigenvalue weighted by Crippen LogP contribution is 2.29. The van der Waals surface area contributed by atoms with Crippen LogP contribution >= 0.6 is 12.4 Å². The van der Waals surface area contributed by atoms with Gasteiger partial charge in [-0.1, -0.05) is 27.2 Å². The first-order valence-electron chi connectivity index (χ1n) is 6.60. The average molecular weight is 263 g/mol. The van der Waals surface area contributed by atoms with Gasteiger partial charge in [-0.05, 0) is 31.6 Å². The summed E-state index contributed by atoms with van der Waals surface area (Å²) in [7, 11) is 0. The fraction of sp³-hybridized carbons (Fsp3) is 0.923. The predicted molar refractivity (Wildman–Crippen MR) is 74.3 cm³/mol. The number of nitrogens with two attached hydrogens (primary N) is 1. The van der Waals surface area contributed by atoms with Crippen molar-refractivity contribution in [3.05, 3.63) is 0 Å². The molecule has 0 aromatic rings. The summed E-state index contributed by atoms with van der Waals surface area (Å²) in [6.45, 7) is 6.77. The van der Waals surface area contributed by atoms with Crippen molar-refractivity contribution < 1.29 is 4.79 Å². The third-order valence-corrected chi connectivity index (χ3v) is 4.40. The van der Waals surface area contributed by atoms with Crippen LogP contribution in [0.25, 0.3) is 0 Å². The van der Waals surface area contributed by atoms with Crippen LogP contribution in [-0.4, -0.2) is 18.5 Å². The van der Waals surface area contributed by atoms with E-state index in [2.05, 4.69) is 12.2 Å². The van der Waals surface area contributed by atoms with Crippen molar-refractivity contribution in [2.24, 2.45) is 17.1 Å². The minimum atomic E-state index is -0.345. The molecule has 1 aliphatic carbocycles. The lowest BCUT2D eigenvalue weighted by Gasteiger charge is -2.31. The van der Waals surface area contributed by atoms with Gasteiger partial charge < -0.3 is 11.1 Å². The lowest BCUT2D eigenvalue weighted by atomic mass is 9.81. The van der Waals surface area contributed by atoms with E-state index in [1.54, 1.807) is 0 Å². The Labute approximate surface area is 111 Å². The molecule has 1 rings (SSSR count). The zero-order valence-corrected chi connectivity index (χ0v) is 12.1. The van der Waals surface area contributed by atoms with Crippen molar-refractivity contribution in [2.45, 2.75) is 58.9 Å². The van der Waals surface area contributed by atoms with Gasteiger partial charge in [0.2, 0.25) is 5.91 Å². The molecular formula is C13H27ClN2O. The lowest BCUT2D eigenvalue weighted by Crippen LogP contribution is -2.49. The summed E-state index contributed by atoms with van der Waals surface area (Å²) in [6, 6.07) is 0.372. The Kier molecular flexibility index (Phi) is 7.10. The van der Waals surface area contributed by atoms with E-state index in [9.17, 15) is 4.79 Å². The van der Waals surface area contributed by atoms with Gasteiger partial charge in [0.25, 0.3) is 0 Å². The summed E-state index contributed by atoms with van der Waals surface area (Å²) in [6.07, 6.45) is 5.25. The van der Waals surface area contributed by atoms with E-state index < -0.39 is 0 Å². The van der Waals surface area contributed by atoms with Crippen molar-refractivity contribution in [2.75, 3.05) is 6.54 Å². The Morgan fingerprint density at radius 2 is 1.94 bits per heavy atom. The number of rotatable bonds is 5. The Morgan fingerprint density at radius 3 is 2.29 bits per heavy atom. The largest absolute Gasteiger partial charge is 0.353 e. The van der Waals surface area contributed by atoms with Crippen LogP contribution in [0, 0.1) is 11.3 Å². The molecule has 2 unspecified atom stereocenters. The lowest BCUT2D eigenvalue weighted by molar-refractivity contribution is -0.132. The number of halogens is 1. The van der Waals surface area contributed by atoms with Crippen LogP contribution in [0.5, 0.6) is 0 Å². The Hall–Kier alpha value is -0.280. The average Bonchev–Trinajstić information content (AvgIpc) is 2.68. The van der Waals surface area contributed by atoms with Gasteiger partial charge in [-0.3, -0.25) is 4.79 Å². The van der Waals surface area contributed by atoms with E-state index in [0.29, 0.717) is 18.5 Å². The Morgan fingerprint density at radius 1 is 1.35 bits per heavy atom. The summed E-state index contributed by atoms with van der Waals surface area (Å²) in [5, 5.41) is 3.20. The first kappa shape index (κ1) is 16.7. The quantitative estimate of drug-likeness (QED) is 0.800. The van der Waals surface area contributed by atoms with Crippen LogP contribution in [0.4, 0.5) is 0 Å². The molecule has 0 aromatic carbocycles. The highest BCUT2D eigenvalue weighted by molar-refractivity contribution is 5.85. The number of carbonyl (C=O) groups excluding carboxylic acids is 1. The molecule has 0 radical (unpaired) electrons. The van der Waals surface area contributed by atoms with E-state index in [1.165, 1.54) is 12.8 Å². The normalized spacial score (nSPS) is 24.2. The third kappa shape index (κ3) is 3.59. The molecule has 3 nitrogen and oxygen atoms in total. The fourth-order valence-corrected chi connectivity index (χ4v) is 2.63. The van der Waals surface area contributed by atoms with Crippen molar-refractivity contribution in [3.63, 3.8) is 0 Å². The van der Waals surface area contributed by atoms with Crippen molar-refractivity contribution in [1.29, 1.82) is 0 Å². The zero-order valence-electron chi connectivity index (χ0n) is 11.3. The molecule has 17 heavy (non-hydrogen) atoms. The molecule has 4 heteroatoms. The molecule has 3 N–H and O–H groups in total. The SMILES string of the molecule is CCC(CC)(CN)C(=O)NC1CCCC1C.Cl. The van der Waals surface area contributed by atoms with Gasteiger partial charge in [0.1, 0.15) is 0 Å². The second kappa shape index (κ2) is 7.22. The highest BCUT2D eigenvalue weighted by Gasteiger charge is 2.36. The maximum Gasteiger partial charge on any atom is 0.227 e. The van der Waals surface area contributed by atoms with Crippen LogP contribution < -0.4 is 11.1 Å². The fourth-order valence-electron chi connectivity index (χ4n) is 2.63. The van der Waals surface area contributed by atoms with Crippen LogP contribution in [0.2, 0.25) is 0 Å². The maximum absolute atomic E-state index is 12.3. The number of hydrogen-bond donors (Lipinski definition) is 2. The summed E-state index contributed by atoms with van der Waals surface area (Å²) < 4.78 is 0. The molecule has 0 spiro atoms. The summed E-state index contributed by atoms with van der Waals surface area (Å²) in [5.74, 6) is 0.784. The molecular weight excluding hydrogens is 236 g/mol. The van der Waals surface area contributed by atoms with Gasteiger partial charge in [0.15, 0.2) is 0 Å². The molecule has 1 saturated carbocycles. The van der Waals surface area contributed by atoms with E-state index in [1.807, 2.05) is 13.8 Å². The molecule has 0 heterocycles. The standard InChI is InChI=1S/C13H26N2O.ClH/c1-4-13(5-2,9-14)12(16)15-11-8-6-7-10(11)3;/h10-11H,4-9,14H2,1-3H3,(H,15,16);1H. The monoisotopic (exact) mass is 262 g/mol. The number of hydrogen-bond acceptors (Lipinski definition) is 2. The van der Waals surface area contributed by atoms with E-state index in [4.69, 9.17) is 5.73 Å². The van der Waals surface area contributed by atoms with Gasteiger partial charge in [-0.15, -0.1) is 12.4 Å². The second-order valence-electron chi connectivity index (χ2n) is 5.18. The van der Waals surface area contributed by atoms with Crippen LogP contribution in [-0.2, 0) is 4.79 Å². The first-order chi connectivity index (χ1) is 7.59. The number of nitrogens with one attached hydrogen (secondary N) is 1. The molecule has 102 valence electrons. The second-order valence-corrected chi connectivity index (χ2v) is 5.18. The summed E-state index contributed by atoms with van der Waals surface area (Å²) >= 11 is 0. The van der Waals surface area contributed by atoms with E-state index in [-0.39, 0.29) is 23.7 Å². The predicted octanol–water partition coefficient (Wildman–Crippen LogP) is 2.48.